The number of para-hydroxylation sites is 1. The van der Waals surface area contributed by atoms with Gasteiger partial charge in [-0.15, -0.1) is 0 Å². The third kappa shape index (κ3) is 4.37. The van der Waals surface area contributed by atoms with Gasteiger partial charge in [0, 0.05) is 44.5 Å². The lowest BCUT2D eigenvalue weighted by molar-refractivity contribution is -0.127. The van der Waals surface area contributed by atoms with Crippen LogP contribution in [-0.2, 0) is 11.3 Å². The van der Waals surface area contributed by atoms with E-state index < -0.39 is 0 Å². The van der Waals surface area contributed by atoms with Gasteiger partial charge in [-0.3, -0.25) is 4.79 Å². The van der Waals surface area contributed by atoms with Gasteiger partial charge in [0.05, 0.1) is 5.69 Å². The number of hydrogen-bond acceptors (Lipinski definition) is 3. The summed E-state index contributed by atoms with van der Waals surface area (Å²) >= 11 is 0. The number of amides is 3. The van der Waals surface area contributed by atoms with E-state index in [4.69, 9.17) is 0 Å². The lowest BCUT2D eigenvalue weighted by Gasteiger charge is -2.22. The summed E-state index contributed by atoms with van der Waals surface area (Å²) in [6, 6.07) is 9.32. The van der Waals surface area contributed by atoms with Crippen molar-refractivity contribution in [1.29, 1.82) is 0 Å². The van der Waals surface area contributed by atoms with Crippen LogP contribution in [0.3, 0.4) is 0 Å². The van der Waals surface area contributed by atoms with Crippen LogP contribution in [0, 0.1) is 0 Å². The number of nitrogens with zero attached hydrogens (tertiary/aromatic N) is 3. The second kappa shape index (κ2) is 7.83. The number of carbonyl (C=O) groups excluding carboxylic acids is 2. The summed E-state index contributed by atoms with van der Waals surface area (Å²) in [7, 11) is 0. The molecule has 1 aromatic heterocycles. The number of nitrogens with one attached hydrogen (secondary N) is 2. The highest BCUT2D eigenvalue weighted by Crippen LogP contribution is 2.13. The Balaban J connectivity index is 1.52. The fraction of sp³-hybridized carbons (Fsp3) is 0.389. The van der Waals surface area contributed by atoms with Crippen LogP contribution >= 0.6 is 0 Å². The van der Waals surface area contributed by atoms with Crippen LogP contribution in [0.2, 0.25) is 0 Å². The monoisotopic (exact) mass is 341 g/mol. The van der Waals surface area contributed by atoms with E-state index >= 15 is 0 Å². The first kappa shape index (κ1) is 17.0. The molecule has 3 rings (SSSR count). The van der Waals surface area contributed by atoms with E-state index in [2.05, 4.69) is 15.7 Å². The molecule has 1 saturated heterocycles. The van der Waals surface area contributed by atoms with E-state index in [-0.39, 0.29) is 18.0 Å². The van der Waals surface area contributed by atoms with Crippen LogP contribution in [-0.4, -0.2) is 45.8 Å². The molecule has 0 bridgehead atoms. The maximum Gasteiger partial charge on any atom is 0.315 e. The average molecular weight is 341 g/mol. The molecule has 1 aliphatic rings. The summed E-state index contributed by atoms with van der Waals surface area (Å²) in [5, 5.41) is 10.00. The summed E-state index contributed by atoms with van der Waals surface area (Å²) < 4.78 is 1.77. The van der Waals surface area contributed by atoms with Crippen LogP contribution in [0.1, 0.15) is 25.3 Å². The second-order valence-corrected chi connectivity index (χ2v) is 6.25. The summed E-state index contributed by atoms with van der Waals surface area (Å²) in [6.07, 6.45) is 5.11. The first-order chi connectivity index (χ1) is 12.1. The van der Waals surface area contributed by atoms with Crippen LogP contribution < -0.4 is 10.6 Å². The van der Waals surface area contributed by atoms with Gasteiger partial charge < -0.3 is 15.5 Å². The van der Waals surface area contributed by atoms with E-state index in [1.165, 1.54) is 0 Å². The minimum absolute atomic E-state index is 0.0941. The Bertz CT molecular complexity index is 729. The topological polar surface area (TPSA) is 79.3 Å². The van der Waals surface area contributed by atoms with Crippen molar-refractivity contribution in [2.75, 3.05) is 13.1 Å². The zero-order valence-electron chi connectivity index (χ0n) is 14.3. The number of likely N-dealkylation sites (tertiary alicyclic amines) is 1. The number of carbonyl (C=O) groups is 2. The molecule has 1 unspecified atom stereocenters. The molecule has 2 N–H and O–H groups in total. The SMILES string of the molecule is CC(CN1CCCC1=O)NC(=O)NCc1ccccc1-n1cccn1. The van der Waals surface area contributed by atoms with E-state index in [0.717, 1.165) is 24.2 Å². The molecule has 0 radical (unpaired) electrons. The third-order valence-corrected chi connectivity index (χ3v) is 4.23. The standard InChI is InChI=1S/C18H23N5O2/c1-14(13-22-10-4-8-17(22)24)21-18(25)19-12-15-6-2-3-7-16(15)23-11-5-9-20-23/h2-3,5-7,9,11,14H,4,8,10,12-13H2,1H3,(H2,19,21,25). The molecule has 7 nitrogen and oxygen atoms in total. The summed E-state index contributed by atoms with van der Waals surface area (Å²) in [5.41, 5.74) is 1.91. The van der Waals surface area contributed by atoms with Crippen LogP contribution in [0.25, 0.3) is 5.69 Å². The molecule has 2 heterocycles. The predicted octanol–water partition coefficient (Wildman–Crippen LogP) is 1.68. The molecular weight excluding hydrogens is 318 g/mol. The fourth-order valence-corrected chi connectivity index (χ4v) is 3.02. The normalized spacial score (nSPS) is 15.2. The Hall–Kier alpha value is -2.83. The van der Waals surface area contributed by atoms with Crippen molar-refractivity contribution in [3.05, 3.63) is 48.3 Å². The third-order valence-electron chi connectivity index (χ3n) is 4.23. The molecule has 0 aliphatic carbocycles. The summed E-state index contributed by atoms with van der Waals surface area (Å²) in [5.74, 6) is 0.169. The number of hydrogen-bond donors (Lipinski definition) is 2. The Kier molecular flexibility index (Phi) is 5.33. The second-order valence-electron chi connectivity index (χ2n) is 6.25. The van der Waals surface area contributed by atoms with Gasteiger partial charge in [0.2, 0.25) is 5.91 Å². The van der Waals surface area contributed by atoms with Crippen molar-refractivity contribution in [3.8, 4) is 5.69 Å². The van der Waals surface area contributed by atoms with E-state index in [9.17, 15) is 9.59 Å². The minimum atomic E-state index is -0.241. The van der Waals surface area contributed by atoms with E-state index in [1.54, 1.807) is 15.8 Å². The Morgan fingerprint density at radius 2 is 2.16 bits per heavy atom. The fourth-order valence-electron chi connectivity index (χ4n) is 3.02. The van der Waals surface area contributed by atoms with Crippen molar-refractivity contribution in [1.82, 2.24) is 25.3 Å². The van der Waals surface area contributed by atoms with E-state index in [1.807, 2.05) is 43.5 Å². The van der Waals surface area contributed by atoms with Gasteiger partial charge in [0.15, 0.2) is 0 Å². The largest absolute Gasteiger partial charge is 0.341 e. The van der Waals surface area contributed by atoms with Gasteiger partial charge in [0.1, 0.15) is 0 Å². The Morgan fingerprint density at radius 1 is 1.32 bits per heavy atom. The van der Waals surface area contributed by atoms with Crippen LogP contribution in [0.5, 0.6) is 0 Å². The molecule has 1 fully saturated rings. The van der Waals surface area contributed by atoms with Crippen LogP contribution in [0.15, 0.2) is 42.7 Å². The minimum Gasteiger partial charge on any atom is -0.341 e. The van der Waals surface area contributed by atoms with Crippen molar-refractivity contribution >= 4 is 11.9 Å². The zero-order chi connectivity index (χ0) is 17.6. The quantitative estimate of drug-likeness (QED) is 0.839. The van der Waals surface area contributed by atoms with Gasteiger partial charge in [-0.25, -0.2) is 9.48 Å². The molecule has 132 valence electrons. The molecular formula is C18H23N5O2. The molecule has 0 spiro atoms. The van der Waals surface area contributed by atoms with Crippen LogP contribution in [0.4, 0.5) is 4.79 Å². The van der Waals surface area contributed by atoms with Gasteiger partial charge >= 0.3 is 6.03 Å². The molecule has 1 aromatic carbocycles. The molecule has 0 saturated carbocycles. The average Bonchev–Trinajstić information content (AvgIpc) is 3.26. The lowest BCUT2D eigenvalue weighted by atomic mass is 10.2. The van der Waals surface area contributed by atoms with Crippen molar-refractivity contribution in [3.63, 3.8) is 0 Å². The van der Waals surface area contributed by atoms with Gasteiger partial charge in [-0.05, 0) is 31.0 Å². The lowest BCUT2D eigenvalue weighted by Crippen LogP contribution is -2.46. The number of aromatic nitrogens is 2. The van der Waals surface area contributed by atoms with E-state index in [0.29, 0.717) is 19.5 Å². The first-order valence-electron chi connectivity index (χ1n) is 8.53. The molecule has 25 heavy (non-hydrogen) atoms. The summed E-state index contributed by atoms with van der Waals surface area (Å²) in [6.45, 7) is 3.64. The highest BCUT2D eigenvalue weighted by molar-refractivity contribution is 5.78. The first-order valence-corrected chi connectivity index (χ1v) is 8.53. The maximum absolute atomic E-state index is 12.1. The zero-order valence-corrected chi connectivity index (χ0v) is 14.3. The number of benzene rings is 1. The Morgan fingerprint density at radius 3 is 2.88 bits per heavy atom. The smallest absolute Gasteiger partial charge is 0.315 e. The van der Waals surface area contributed by atoms with Crippen molar-refractivity contribution in [2.45, 2.75) is 32.4 Å². The molecule has 7 heteroatoms. The Labute approximate surface area is 147 Å². The maximum atomic E-state index is 12.1. The number of urea groups is 1. The van der Waals surface area contributed by atoms with Gasteiger partial charge in [0.25, 0.3) is 0 Å². The highest BCUT2D eigenvalue weighted by atomic mass is 16.2. The molecule has 3 amide bonds. The molecule has 2 aromatic rings. The van der Waals surface area contributed by atoms with Crippen molar-refractivity contribution < 1.29 is 9.59 Å². The summed E-state index contributed by atoms with van der Waals surface area (Å²) in [4.78, 5) is 25.6. The number of rotatable bonds is 6. The van der Waals surface area contributed by atoms with Crippen molar-refractivity contribution in [2.24, 2.45) is 0 Å². The van der Waals surface area contributed by atoms with Gasteiger partial charge in [-0.2, -0.15) is 5.10 Å². The molecule has 1 aliphatic heterocycles. The highest BCUT2D eigenvalue weighted by Gasteiger charge is 2.22. The predicted molar refractivity (Wildman–Crippen MR) is 94.2 cm³/mol. The van der Waals surface area contributed by atoms with Gasteiger partial charge in [-0.1, -0.05) is 18.2 Å². The molecule has 1 atom stereocenters.